The van der Waals surface area contributed by atoms with E-state index in [1.807, 2.05) is 18.2 Å². The predicted molar refractivity (Wildman–Crippen MR) is 101 cm³/mol. The lowest BCUT2D eigenvalue weighted by molar-refractivity contribution is 0.0823. The number of halogens is 1. The molecule has 0 bridgehead atoms. The molecule has 1 amide bonds. The van der Waals surface area contributed by atoms with E-state index in [4.69, 9.17) is 0 Å². The Balaban J connectivity index is 2.24. The van der Waals surface area contributed by atoms with Crippen LogP contribution in [0.1, 0.15) is 23.0 Å². The van der Waals surface area contributed by atoms with Gasteiger partial charge in [-0.1, -0.05) is 13.0 Å². The molecule has 0 radical (unpaired) electrons. The topological polar surface area (TPSA) is 48.1 Å². The third kappa shape index (κ3) is 3.09. The highest BCUT2D eigenvalue weighted by atomic mass is 19.1. The normalized spacial score (nSPS) is 10.9. The summed E-state index contributed by atoms with van der Waals surface area (Å²) >= 11 is 0. The molecule has 4 nitrogen and oxygen atoms in total. The molecule has 0 spiro atoms. The number of aromatic nitrogens is 1. The van der Waals surface area contributed by atoms with Crippen molar-refractivity contribution in [3.63, 3.8) is 0 Å². The predicted octanol–water partition coefficient (Wildman–Crippen LogP) is 4.28. The second-order valence-electron chi connectivity index (χ2n) is 6.29. The summed E-state index contributed by atoms with van der Waals surface area (Å²) in [6.45, 7) is 2.06. The number of fused-ring (bicyclic) bond motifs is 1. The molecule has 0 fully saturated rings. The molecular weight excluding hydrogens is 317 g/mol. The highest BCUT2D eigenvalue weighted by Crippen LogP contribution is 2.34. The number of amides is 1. The van der Waals surface area contributed by atoms with Crippen molar-refractivity contribution in [2.45, 2.75) is 13.3 Å². The van der Waals surface area contributed by atoms with Gasteiger partial charge in [-0.3, -0.25) is 4.79 Å². The van der Waals surface area contributed by atoms with Crippen molar-refractivity contribution in [2.75, 3.05) is 26.5 Å². The molecule has 0 aliphatic carbocycles. The van der Waals surface area contributed by atoms with Gasteiger partial charge in [-0.15, -0.1) is 0 Å². The lowest BCUT2D eigenvalue weighted by atomic mass is 9.97. The quantitative estimate of drug-likeness (QED) is 0.745. The molecule has 0 saturated carbocycles. The van der Waals surface area contributed by atoms with Crippen molar-refractivity contribution >= 4 is 22.5 Å². The molecule has 0 atom stereocenters. The molecule has 2 N–H and O–H groups in total. The molecule has 130 valence electrons. The maximum absolute atomic E-state index is 14.7. The van der Waals surface area contributed by atoms with Gasteiger partial charge in [0.25, 0.3) is 5.91 Å². The van der Waals surface area contributed by atoms with Gasteiger partial charge in [-0.05, 0) is 47.9 Å². The van der Waals surface area contributed by atoms with Crippen molar-refractivity contribution in [2.24, 2.45) is 0 Å². The van der Waals surface area contributed by atoms with E-state index in [-0.39, 0.29) is 11.7 Å². The van der Waals surface area contributed by atoms with E-state index in [2.05, 4.69) is 17.2 Å². The summed E-state index contributed by atoms with van der Waals surface area (Å²) in [4.78, 5) is 17.0. The Morgan fingerprint density at radius 2 is 1.92 bits per heavy atom. The Bertz CT molecular complexity index is 944. The Morgan fingerprint density at radius 1 is 1.16 bits per heavy atom. The Morgan fingerprint density at radius 3 is 2.52 bits per heavy atom. The van der Waals surface area contributed by atoms with Crippen LogP contribution in [0.3, 0.4) is 0 Å². The molecule has 0 aliphatic rings. The van der Waals surface area contributed by atoms with Crippen LogP contribution >= 0.6 is 0 Å². The van der Waals surface area contributed by atoms with Crippen LogP contribution in [0.5, 0.6) is 0 Å². The van der Waals surface area contributed by atoms with Crippen LogP contribution in [0.2, 0.25) is 0 Å². The summed E-state index contributed by atoms with van der Waals surface area (Å²) < 4.78 is 14.7. The molecule has 0 aliphatic heterocycles. The zero-order valence-corrected chi connectivity index (χ0v) is 14.9. The largest absolute Gasteiger partial charge is 0.388 e. The van der Waals surface area contributed by atoms with Gasteiger partial charge in [0.05, 0.1) is 0 Å². The monoisotopic (exact) mass is 339 g/mol. The van der Waals surface area contributed by atoms with Gasteiger partial charge in [0.15, 0.2) is 0 Å². The molecular formula is C20H22FN3O. The van der Waals surface area contributed by atoms with Crippen molar-refractivity contribution in [3.05, 3.63) is 53.5 Å². The van der Waals surface area contributed by atoms with Crippen LogP contribution in [-0.2, 0) is 6.42 Å². The standard InChI is InChI=1S/C20H22FN3O/c1-5-12-8-15(14-7-6-13(22-2)10-17(14)21)16-11-19(20(25)24(3)4)23-18(16)9-12/h6-11,22-23H,5H2,1-4H3. The summed E-state index contributed by atoms with van der Waals surface area (Å²) in [6, 6.07) is 10.9. The average molecular weight is 339 g/mol. The number of nitrogens with one attached hydrogen (secondary N) is 2. The van der Waals surface area contributed by atoms with E-state index in [0.717, 1.165) is 34.1 Å². The number of carbonyl (C=O) groups is 1. The van der Waals surface area contributed by atoms with E-state index in [0.29, 0.717) is 11.3 Å². The minimum atomic E-state index is -0.289. The number of H-pyrrole nitrogens is 1. The zero-order valence-electron chi connectivity index (χ0n) is 14.9. The number of aromatic amines is 1. The summed E-state index contributed by atoms with van der Waals surface area (Å²) in [7, 11) is 5.18. The molecule has 3 rings (SSSR count). The van der Waals surface area contributed by atoms with Crippen LogP contribution < -0.4 is 5.32 Å². The van der Waals surface area contributed by atoms with Gasteiger partial charge >= 0.3 is 0 Å². The summed E-state index contributed by atoms with van der Waals surface area (Å²) in [5, 5.41) is 3.79. The Labute approximate surface area is 146 Å². The second-order valence-corrected chi connectivity index (χ2v) is 6.29. The number of benzene rings is 2. The van der Waals surface area contributed by atoms with Crippen molar-refractivity contribution in [1.29, 1.82) is 0 Å². The van der Waals surface area contributed by atoms with Gasteiger partial charge in [0.2, 0.25) is 0 Å². The van der Waals surface area contributed by atoms with Crippen LogP contribution in [0.4, 0.5) is 10.1 Å². The number of rotatable bonds is 4. The number of aryl methyl sites for hydroxylation is 1. The van der Waals surface area contributed by atoms with Gasteiger partial charge < -0.3 is 15.2 Å². The molecule has 25 heavy (non-hydrogen) atoms. The van der Waals surface area contributed by atoms with Gasteiger partial charge in [0, 0.05) is 43.3 Å². The van der Waals surface area contributed by atoms with Crippen LogP contribution in [0.15, 0.2) is 36.4 Å². The average Bonchev–Trinajstić information content (AvgIpc) is 3.03. The molecule has 0 saturated heterocycles. The molecule has 0 unspecified atom stereocenters. The highest BCUT2D eigenvalue weighted by Gasteiger charge is 2.16. The third-order valence-corrected chi connectivity index (χ3v) is 4.39. The molecule has 2 aromatic carbocycles. The first-order chi connectivity index (χ1) is 11.9. The van der Waals surface area contributed by atoms with Gasteiger partial charge in [0.1, 0.15) is 11.5 Å². The number of hydrogen-bond acceptors (Lipinski definition) is 2. The zero-order chi connectivity index (χ0) is 18.1. The van der Waals surface area contributed by atoms with E-state index in [9.17, 15) is 9.18 Å². The van der Waals surface area contributed by atoms with E-state index in [1.165, 1.54) is 11.0 Å². The molecule has 1 heterocycles. The van der Waals surface area contributed by atoms with Crippen LogP contribution in [-0.4, -0.2) is 36.9 Å². The second kappa shape index (κ2) is 6.59. The van der Waals surface area contributed by atoms with E-state index < -0.39 is 0 Å². The smallest absolute Gasteiger partial charge is 0.269 e. The summed E-state index contributed by atoms with van der Waals surface area (Å²) in [6.07, 6.45) is 0.829. The summed E-state index contributed by atoms with van der Waals surface area (Å²) in [5.74, 6) is -0.394. The SMILES string of the molecule is CCc1cc(-c2ccc(NC)cc2F)c2cc(C(=O)N(C)C)[nH]c2c1. The minimum absolute atomic E-state index is 0.105. The van der Waals surface area contributed by atoms with Crippen LogP contribution in [0.25, 0.3) is 22.0 Å². The Hall–Kier alpha value is -2.82. The van der Waals surface area contributed by atoms with Crippen molar-refractivity contribution in [1.82, 2.24) is 9.88 Å². The fourth-order valence-electron chi connectivity index (χ4n) is 2.97. The summed E-state index contributed by atoms with van der Waals surface area (Å²) in [5.41, 5.74) is 4.48. The maximum atomic E-state index is 14.7. The Kier molecular flexibility index (Phi) is 4.49. The highest BCUT2D eigenvalue weighted by molar-refractivity contribution is 6.03. The number of hydrogen-bond donors (Lipinski definition) is 2. The first-order valence-electron chi connectivity index (χ1n) is 8.29. The first kappa shape index (κ1) is 17.0. The maximum Gasteiger partial charge on any atom is 0.269 e. The van der Waals surface area contributed by atoms with E-state index >= 15 is 0 Å². The van der Waals surface area contributed by atoms with Crippen molar-refractivity contribution in [3.8, 4) is 11.1 Å². The lowest BCUT2D eigenvalue weighted by Crippen LogP contribution is -2.21. The molecule has 1 aromatic heterocycles. The number of carbonyl (C=O) groups excluding carboxylic acids is 1. The number of anilines is 1. The van der Waals surface area contributed by atoms with Gasteiger partial charge in [-0.25, -0.2) is 4.39 Å². The fourth-order valence-corrected chi connectivity index (χ4v) is 2.97. The van der Waals surface area contributed by atoms with E-state index in [1.54, 1.807) is 33.3 Å². The third-order valence-electron chi connectivity index (χ3n) is 4.39. The first-order valence-corrected chi connectivity index (χ1v) is 8.29. The van der Waals surface area contributed by atoms with Crippen LogP contribution in [0, 0.1) is 5.82 Å². The lowest BCUT2D eigenvalue weighted by Gasteiger charge is -2.10. The fraction of sp³-hybridized carbons (Fsp3) is 0.250. The van der Waals surface area contributed by atoms with Crippen molar-refractivity contribution < 1.29 is 9.18 Å². The minimum Gasteiger partial charge on any atom is -0.388 e. The molecule has 3 aromatic rings. The molecule has 5 heteroatoms. The number of nitrogens with zero attached hydrogens (tertiary/aromatic N) is 1. The van der Waals surface area contributed by atoms with Gasteiger partial charge in [-0.2, -0.15) is 0 Å².